The van der Waals surface area contributed by atoms with Crippen LogP contribution in [-0.4, -0.2) is 36.9 Å². The van der Waals surface area contributed by atoms with Crippen molar-refractivity contribution in [1.29, 1.82) is 0 Å². The zero-order valence-corrected chi connectivity index (χ0v) is 17.7. The Morgan fingerprint density at radius 2 is 2.16 bits per heavy atom. The molecule has 1 aromatic heterocycles. The van der Waals surface area contributed by atoms with Gasteiger partial charge in [-0.05, 0) is 53.9 Å². The van der Waals surface area contributed by atoms with Crippen LogP contribution in [0.2, 0.25) is 0 Å². The zero-order chi connectivity index (χ0) is 17.2. The Morgan fingerprint density at radius 3 is 2.84 bits per heavy atom. The Labute approximate surface area is 170 Å². The van der Waals surface area contributed by atoms with Gasteiger partial charge in [0.25, 0.3) is 0 Å². The van der Waals surface area contributed by atoms with Crippen LogP contribution in [0, 0.1) is 6.92 Å². The van der Waals surface area contributed by atoms with E-state index in [2.05, 4.69) is 27.1 Å². The van der Waals surface area contributed by atoms with Crippen LogP contribution in [0.25, 0.3) is 0 Å². The largest absolute Gasteiger partial charge is 0.491 e. The predicted octanol–water partition coefficient (Wildman–Crippen LogP) is 3.17. The number of nitrogens with zero attached hydrogens (tertiary/aromatic N) is 1. The number of guanidine groups is 1. The zero-order valence-electron chi connectivity index (χ0n) is 14.6. The number of aliphatic hydroxyl groups is 1. The van der Waals surface area contributed by atoms with E-state index in [4.69, 9.17) is 4.74 Å². The Kier molecular flexibility index (Phi) is 10.5. The molecule has 25 heavy (non-hydrogen) atoms. The average Bonchev–Trinajstić information content (AvgIpc) is 3.09. The van der Waals surface area contributed by atoms with Gasteiger partial charge in [0.1, 0.15) is 18.5 Å². The summed E-state index contributed by atoms with van der Waals surface area (Å²) in [5.41, 5.74) is 2.32. The van der Waals surface area contributed by atoms with Crippen LogP contribution in [0.15, 0.2) is 46.1 Å². The number of halogens is 1. The van der Waals surface area contributed by atoms with E-state index in [0.29, 0.717) is 19.0 Å². The number of benzene rings is 1. The van der Waals surface area contributed by atoms with Crippen LogP contribution < -0.4 is 15.4 Å². The molecular weight excluding hydrogens is 449 g/mol. The molecule has 0 radical (unpaired) electrons. The minimum absolute atomic E-state index is 0. The summed E-state index contributed by atoms with van der Waals surface area (Å²) >= 11 is 1.66. The Bertz CT molecular complexity index is 635. The van der Waals surface area contributed by atoms with E-state index >= 15 is 0 Å². The smallest absolute Gasteiger partial charge is 0.191 e. The van der Waals surface area contributed by atoms with E-state index in [1.54, 1.807) is 11.3 Å². The second kappa shape index (κ2) is 12.1. The van der Waals surface area contributed by atoms with Gasteiger partial charge >= 0.3 is 0 Å². The lowest BCUT2D eigenvalue weighted by Gasteiger charge is -2.16. The molecule has 2 aromatic rings. The molecule has 1 heterocycles. The monoisotopic (exact) mass is 475 g/mol. The summed E-state index contributed by atoms with van der Waals surface area (Å²) in [4.78, 5) is 4.51. The van der Waals surface area contributed by atoms with Crippen LogP contribution in [0.5, 0.6) is 5.75 Å². The van der Waals surface area contributed by atoms with Crippen molar-refractivity contribution in [3.63, 3.8) is 0 Å². The number of nitrogens with one attached hydrogen (secondary N) is 2. The van der Waals surface area contributed by atoms with E-state index in [1.165, 1.54) is 5.56 Å². The Balaban J connectivity index is 0.00000312. The maximum Gasteiger partial charge on any atom is 0.191 e. The minimum Gasteiger partial charge on any atom is -0.491 e. The van der Waals surface area contributed by atoms with Gasteiger partial charge in [0.05, 0.1) is 6.54 Å². The predicted molar refractivity (Wildman–Crippen MR) is 115 cm³/mol. The number of aryl methyl sites for hydroxylation is 1. The van der Waals surface area contributed by atoms with Gasteiger partial charge in [-0.1, -0.05) is 12.1 Å². The molecule has 1 aromatic carbocycles. The second-order valence-electron chi connectivity index (χ2n) is 5.49. The maximum absolute atomic E-state index is 10.1. The van der Waals surface area contributed by atoms with Crippen LogP contribution in [0.3, 0.4) is 0 Å². The molecule has 0 saturated heterocycles. The first-order valence-corrected chi connectivity index (χ1v) is 9.02. The molecule has 0 aliphatic carbocycles. The summed E-state index contributed by atoms with van der Waals surface area (Å²) in [6, 6.07) is 9.85. The molecule has 0 fully saturated rings. The van der Waals surface area contributed by atoms with Crippen molar-refractivity contribution in [3.05, 3.63) is 52.2 Å². The highest BCUT2D eigenvalue weighted by Crippen LogP contribution is 2.12. The van der Waals surface area contributed by atoms with Crippen molar-refractivity contribution >= 4 is 41.3 Å². The van der Waals surface area contributed by atoms with Gasteiger partial charge in [-0.25, -0.2) is 4.99 Å². The van der Waals surface area contributed by atoms with Gasteiger partial charge in [0.2, 0.25) is 0 Å². The highest BCUT2D eigenvalue weighted by molar-refractivity contribution is 14.0. The van der Waals surface area contributed by atoms with Crippen LogP contribution in [-0.2, 0) is 6.54 Å². The number of ether oxygens (including phenoxy) is 1. The van der Waals surface area contributed by atoms with Crippen molar-refractivity contribution < 1.29 is 9.84 Å². The van der Waals surface area contributed by atoms with E-state index in [9.17, 15) is 5.11 Å². The number of hydrogen-bond acceptors (Lipinski definition) is 4. The van der Waals surface area contributed by atoms with E-state index in [-0.39, 0.29) is 30.6 Å². The van der Waals surface area contributed by atoms with Crippen LogP contribution in [0.4, 0.5) is 0 Å². The average molecular weight is 475 g/mol. The summed E-state index contributed by atoms with van der Waals surface area (Å²) in [6.07, 6.45) is -0.615. The highest BCUT2D eigenvalue weighted by Gasteiger charge is 2.07. The summed E-state index contributed by atoms with van der Waals surface area (Å²) in [6.45, 7) is 6.03. The van der Waals surface area contributed by atoms with Gasteiger partial charge in [0.15, 0.2) is 5.96 Å². The number of rotatable bonds is 8. The van der Waals surface area contributed by atoms with Gasteiger partial charge in [0, 0.05) is 13.1 Å². The maximum atomic E-state index is 10.1. The molecular formula is C18H26IN3O2S. The molecule has 0 saturated carbocycles. The SMILES string of the molecule is CCNC(=NCc1ccsc1)NCC(O)COc1cccc(C)c1.I. The third-order valence-electron chi connectivity index (χ3n) is 3.28. The minimum atomic E-state index is -0.615. The number of aliphatic hydroxyl groups excluding tert-OH is 1. The molecule has 0 spiro atoms. The van der Waals surface area contributed by atoms with Crippen molar-refractivity contribution in [2.75, 3.05) is 19.7 Å². The summed E-state index contributed by atoms with van der Waals surface area (Å²) in [5, 5.41) is 20.5. The molecule has 2 rings (SSSR count). The van der Waals surface area contributed by atoms with Gasteiger partial charge < -0.3 is 20.5 Å². The van der Waals surface area contributed by atoms with Crippen LogP contribution in [0.1, 0.15) is 18.1 Å². The fraction of sp³-hybridized carbons (Fsp3) is 0.389. The third-order valence-corrected chi connectivity index (χ3v) is 4.01. The van der Waals surface area contributed by atoms with Gasteiger partial charge in [-0.3, -0.25) is 0 Å². The van der Waals surface area contributed by atoms with E-state index in [0.717, 1.165) is 17.9 Å². The number of thiophene rings is 1. The lowest BCUT2D eigenvalue weighted by molar-refractivity contribution is 0.110. The van der Waals surface area contributed by atoms with Crippen molar-refractivity contribution in [3.8, 4) is 5.75 Å². The summed E-state index contributed by atoms with van der Waals surface area (Å²) in [5.74, 6) is 1.46. The first kappa shape index (κ1) is 21.7. The van der Waals surface area contributed by atoms with Crippen molar-refractivity contribution in [2.45, 2.75) is 26.5 Å². The number of hydrogen-bond donors (Lipinski definition) is 3. The first-order chi connectivity index (χ1) is 11.7. The molecule has 0 aliphatic rings. The van der Waals surface area contributed by atoms with Gasteiger partial charge in [-0.2, -0.15) is 11.3 Å². The molecule has 7 heteroatoms. The first-order valence-electron chi connectivity index (χ1n) is 8.08. The molecule has 1 atom stereocenters. The topological polar surface area (TPSA) is 65.9 Å². The second-order valence-corrected chi connectivity index (χ2v) is 6.27. The Morgan fingerprint density at radius 1 is 1.32 bits per heavy atom. The van der Waals surface area contributed by atoms with Gasteiger partial charge in [-0.15, -0.1) is 24.0 Å². The third kappa shape index (κ3) is 8.55. The summed E-state index contributed by atoms with van der Waals surface area (Å²) in [7, 11) is 0. The molecule has 0 aliphatic heterocycles. The molecule has 5 nitrogen and oxygen atoms in total. The fourth-order valence-corrected chi connectivity index (χ4v) is 2.73. The molecule has 3 N–H and O–H groups in total. The lowest BCUT2D eigenvalue weighted by atomic mass is 10.2. The quantitative estimate of drug-likeness (QED) is 0.312. The molecule has 0 bridgehead atoms. The van der Waals surface area contributed by atoms with E-state index in [1.807, 2.05) is 43.5 Å². The molecule has 138 valence electrons. The van der Waals surface area contributed by atoms with Crippen LogP contribution >= 0.6 is 35.3 Å². The lowest BCUT2D eigenvalue weighted by Crippen LogP contribution is -2.42. The van der Waals surface area contributed by atoms with E-state index < -0.39 is 6.10 Å². The molecule has 1 unspecified atom stereocenters. The Hall–Kier alpha value is -1.32. The van der Waals surface area contributed by atoms with Crippen molar-refractivity contribution in [2.24, 2.45) is 4.99 Å². The summed E-state index contributed by atoms with van der Waals surface area (Å²) < 4.78 is 5.61. The van der Waals surface area contributed by atoms with Crippen molar-refractivity contribution in [1.82, 2.24) is 10.6 Å². The standard InChI is InChI=1S/C18H25N3O2S.HI/c1-3-19-18(20-10-15-7-8-24-13-15)21-11-16(22)12-23-17-6-4-5-14(2)9-17;/h4-9,13,16,22H,3,10-12H2,1-2H3,(H2,19,20,21);1H. The molecule has 0 amide bonds. The fourth-order valence-electron chi connectivity index (χ4n) is 2.07. The normalized spacial score (nSPS) is 12.2. The number of aliphatic imine (C=N–C) groups is 1. The highest BCUT2D eigenvalue weighted by atomic mass is 127.